The standard InChI is InChI=1S/C19H17FN2O2S.C2H3.CH3.Zn/c1-4-13(5-2)15-10-17(20)19-21-18(12-22(19)11-15)14-6-8-16(9-7-14)25(3,23)24;1-2;;/h4,6-12H,1-2,5H2,3H3;1H,2H2;1H3;/q-2;2*-1;/b13-4+;;;. The number of imidazole rings is 1. The van der Waals surface area contributed by atoms with Crippen LogP contribution in [0.4, 0.5) is 4.39 Å². The molecular formula is C22H23FN2O2SZn-4. The van der Waals surface area contributed by atoms with Gasteiger partial charge in [0.05, 0.1) is 10.6 Å². The summed E-state index contributed by atoms with van der Waals surface area (Å²) in [6, 6.07) is 7.77. The Morgan fingerprint density at radius 3 is 2.34 bits per heavy atom. The molecule has 0 atom stereocenters. The summed E-state index contributed by atoms with van der Waals surface area (Å²) in [5.41, 5.74) is 3.02. The zero-order chi connectivity index (χ0) is 20.2. The smallest absolute Gasteiger partial charge is 0.175 e. The molecule has 0 amide bonds. The van der Waals surface area contributed by atoms with Gasteiger partial charge in [0.1, 0.15) is 0 Å². The Morgan fingerprint density at radius 2 is 1.86 bits per heavy atom. The van der Waals surface area contributed by atoms with Crippen molar-refractivity contribution in [1.29, 1.82) is 0 Å². The first-order valence-electron chi connectivity index (χ1n) is 8.01. The average molecular weight is 464 g/mol. The number of nitrogens with zero attached hydrogens (tertiary/aromatic N) is 2. The van der Waals surface area contributed by atoms with Gasteiger partial charge in [0, 0.05) is 43.7 Å². The Labute approximate surface area is 185 Å². The van der Waals surface area contributed by atoms with Gasteiger partial charge in [0.25, 0.3) is 0 Å². The monoisotopic (exact) mass is 462 g/mol. The van der Waals surface area contributed by atoms with Gasteiger partial charge in [-0.1, -0.05) is 17.7 Å². The average Bonchev–Trinajstić information content (AvgIpc) is 3.09. The summed E-state index contributed by atoms with van der Waals surface area (Å²) in [4.78, 5) is 4.54. The molecular weight excluding hydrogens is 441 g/mol. The summed E-state index contributed by atoms with van der Waals surface area (Å²) >= 11 is 0. The van der Waals surface area contributed by atoms with Gasteiger partial charge in [-0.25, -0.2) is 42.8 Å². The van der Waals surface area contributed by atoms with E-state index in [0.717, 1.165) is 11.8 Å². The van der Waals surface area contributed by atoms with Crippen molar-refractivity contribution in [3.05, 3.63) is 94.6 Å². The van der Waals surface area contributed by atoms with Crippen LogP contribution in [0.2, 0.25) is 0 Å². The van der Waals surface area contributed by atoms with E-state index < -0.39 is 15.7 Å². The van der Waals surface area contributed by atoms with Crippen molar-refractivity contribution in [3.63, 3.8) is 0 Å². The summed E-state index contributed by atoms with van der Waals surface area (Å²) in [5.74, 6) is -0.440. The molecule has 4 nitrogen and oxygen atoms in total. The fourth-order valence-corrected chi connectivity index (χ4v) is 3.24. The molecule has 0 bridgehead atoms. The van der Waals surface area contributed by atoms with Crippen LogP contribution >= 0.6 is 0 Å². The Bertz CT molecular complexity index is 1090. The predicted molar refractivity (Wildman–Crippen MR) is 113 cm³/mol. The van der Waals surface area contributed by atoms with E-state index in [1.807, 2.05) is 0 Å². The minimum atomic E-state index is -3.26. The summed E-state index contributed by atoms with van der Waals surface area (Å²) in [6.45, 7) is 14.5. The minimum Gasteiger partial charge on any atom is -0.521 e. The molecule has 0 aliphatic rings. The second-order valence-corrected chi connectivity index (χ2v) is 7.73. The molecule has 3 aromatic rings. The van der Waals surface area contributed by atoms with Crippen LogP contribution in [-0.4, -0.2) is 24.1 Å². The van der Waals surface area contributed by atoms with Gasteiger partial charge in [-0.15, -0.1) is 0 Å². The Kier molecular flexibility index (Phi) is 10.2. The third kappa shape index (κ3) is 5.87. The molecule has 1 aromatic carbocycles. The second-order valence-electron chi connectivity index (χ2n) is 5.71. The summed E-state index contributed by atoms with van der Waals surface area (Å²) in [7, 11) is -3.26. The van der Waals surface area contributed by atoms with E-state index in [4.69, 9.17) is 0 Å². The number of aromatic nitrogens is 2. The first-order valence-corrected chi connectivity index (χ1v) is 9.90. The van der Waals surface area contributed by atoms with Gasteiger partial charge in [-0.2, -0.15) is 0 Å². The number of hydrogen-bond acceptors (Lipinski definition) is 3. The number of hydrogen-bond donors (Lipinski definition) is 0. The molecule has 0 fully saturated rings. The molecule has 0 saturated carbocycles. The van der Waals surface area contributed by atoms with Crippen molar-refractivity contribution < 1.29 is 32.3 Å². The molecule has 2 aromatic heterocycles. The Morgan fingerprint density at radius 1 is 1.28 bits per heavy atom. The molecule has 29 heavy (non-hydrogen) atoms. The summed E-state index contributed by atoms with van der Waals surface area (Å²) in [6.07, 6.45) is 6.81. The fraction of sp³-hybridized carbons (Fsp3) is 0.0909. The van der Waals surface area contributed by atoms with Crippen LogP contribution in [0.15, 0.2) is 60.3 Å². The van der Waals surface area contributed by atoms with Crippen LogP contribution in [0.25, 0.3) is 22.5 Å². The van der Waals surface area contributed by atoms with Crippen LogP contribution in [0.5, 0.6) is 0 Å². The number of halogens is 1. The number of fused-ring (bicyclic) bond motifs is 1. The molecule has 0 aliphatic carbocycles. The van der Waals surface area contributed by atoms with Gasteiger partial charge >= 0.3 is 0 Å². The van der Waals surface area contributed by atoms with E-state index in [9.17, 15) is 12.8 Å². The van der Waals surface area contributed by atoms with Crippen LogP contribution in [0.1, 0.15) is 12.0 Å². The third-order valence-electron chi connectivity index (χ3n) is 3.97. The molecule has 0 spiro atoms. The first-order chi connectivity index (χ1) is 12.8. The number of benzene rings is 1. The molecule has 152 valence electrons. The van der Waals surface area contributed by atoms with Gasteiger partial charge in [0.15, 0.2) is 21.3 Å². The molecule has 0 N–H and O–H groups in total. The van der Waals surface area contributed by atoms with Crippen LogP contribution in [-0.2, 0) is 29.3 Å². The Hall–Kier alpha value is -2.24. The maximum absolute atomic E-state index is 14.4. The maximum Gasteiger partial charge on any atom is 0.175 e. The maximum atomic E-state index is 14.4. The zero-order valence-electron chi connectivity index (χ0n) is 16.7. The molecule has 0 aliphatic heterocycles. The van der Waals surface area contributed by atoms with E-state index in [-0.39, 0.29) is 37.4 Å². The SMILES string of the molecule is [CH-]=C.[CH2-]/C=C(\C[CH2-])c1cc(F)c2nc(-c3ccc(S(C)(=O)=O)cc3)cn2c1.[CH3-].[Zn]. The van der Waals surface area contributed by atoms with Crippen LogP contribution in [0.3, 0.4) is 0 Å². The predicted octanol–water partition coefficient (Wildman–Crippen LogP) is 5.04. The van der Waals surface area contributed by atoms with Crippen molar-refractivity contribution in [2.24, 2.45) is 0 Å². The number of sulfone groups is 1. The molecule has 0 unspecified atom stereocenters. The summed E-state index contributed by atoms with van der Waals surface area (Å²) in [5, 5.41) is 0. The molecule has 3 rings (SSSR count). The van der Waals surface area contributed by atoms with E-state index in [0.29, 0.717) is 23.2 Å². The van der Waals surface area contributed by atoms with Gasteiger partial charge in [0.2, 0.25) is 0 Å². The molecule has 0 saturated heterocycles. The Balaban J connectivity index is 0.00000190. The quantitative estimate of drug-likeness (QED) is 0.402. The van der Waals surface area contributed by atoms with E-state index in [1.54, 1.807) is 35.0 Å². The van der Waals surface area contributed by atoms with Crippen molar-refractivity contribution in [2.75, 3.05) is 6.26 Å². The topological polar surface area (TPSA) is 51.4 Å². The molecule has 0 radical (unpaired) electrons. The largest absolute Gasteiger partial charge is 0.521 e. The third-order valence-corrected chi connectivity index (χ3v) is 5.10. The fourth-order valence-electron chi connectivity index (χ4n) is 2.61. The van der Waals surface area contributed by atoms with E-state index >= 15 is 0 Å². The van der Waals surface area contributed by atoms with Crippen molar-refractivity contribution in [1.82, 2.24) is 9.38 Å². The van der Waals surface area contributed by atoms with Crippen LogP contribution < -0.4 is 0 Å². The van der Waals surface area contributed by atoms with Gasteiger partial charge in [-0.05, 0) is 18.2 Å². The number of pyridine rings is 1. The van der Waals surface area contributed by atoms with Crippen molar-refractivity contribution in [3.8, 4) is 11.3 Å². The molecule has 7 heteroatoms. The molecule has 2 heterocycles. The minimum absolute atomic E-state index is 0. The van der Waals surface area contributed by atoms with Crippen molar-refractivity contribution >= 4 is 21.1 Å². The van der Waals surface area contributed by atoms with Gasteiger partial charge < -0.3 is 25.3 Å². The summed E-state index contributed by atoms with van der Waals surface area (Å²) < 4.78 is 39.1. The number of rotatable bonds is 4. The zero-order valence-corrected chi connectivity index (χ0v) is 20.5. The van der Waals surface area contributed by atoms with E-state index in [2.05, 4.69) is 32.0 Å². The van der Waals surface area contributed by atoms with E-state index in [1.165, 1.54) is 18.2 Å². The number of allylic oxidation sites excluding steroid dienone is 2. The van der Waals surface area contributed by atoms with Crippen LogP contribution in [0, 0.1) is 33.7 Å². The first kappa shape index (κ1) is 26.8. The normalized spacial score (nSPS) is 11.1. The van der Waals surface area contributed by atoms with Gasteiger partial charge in [-0.3, -0.25) is 6.58 Å². The van der Waals surface area contributed by atoms with Crippen molar-refractivity contribution in [2.45, 2.75) is 11.3 Å². The second kappa shape index (κ2) is 11.1.